The molecule has 2 rings (SSSR count). The van der Waals surface area contributed by atoms with Crippen LogP contribution >= 0.6 is 0 Å². The smallest absolute Gasteiger partial charge is 0.258 e. The molecule has 0 aliphatic rings. The van der Waals surface area contributed by atoms with E-state index in [9.17, 15) is 0 Å². The molecule has 5 heteroatoms. The van der Waals surface area contributed by atoms with Gasteiger partial charge in [-0.2, -0.15) is 4.98 Å². The maximum Gasteiger partial charge on any atom is 0.258 e. The van der Waals surface area contributed by atoms with E-state index in [1.165, 1.54) is 0 Å². The Morgan fingerprint density at radius 3 is 2.56 bits per heavy atom. The number of aromatic nitrogens is 3. The molecule has 0 bridgehead atoms. The first-order valence-electron chi connectivity index (χ1n) is 4.93. The van der Waals surface area contributed by atoms with Crippen molar-refractivity contribution in [3.05, 3.63) is 30.4 Å². The lowest BCUT2D eigenvalue weighted by atomic mass is 10.1. The first-order valence-corrected chi connectivity index (χ1v) is 4.93. The molecule has 84 valence electrons. The molecule has 2 aromatic heterocycles. The number of ether oxygens (including phenoxy) is 1. The zero-order chi connectivity index (χ0) is 11.6. The van der Waals surface area contributed by atoms with Crippen LogP contribution in [0, 0.1) is 0 Å². The van der Waals surface area contributed by atoms with Crippen LogP contribution in [0.1, 0.15) is 19.7 Å². The van der Waals surface area contributed by atoms with E-state index in [0.29, 0.717) is 11.7 Å². The van der Waals surface area contributed by atoms with Crippen LogP contribution in [0.2, 0.25) is 0 Å². The molecule has 0 unspecified atom stereocenters. The molecular formula is C11H13N3O2. The van der Waals surface area contributed by atoms with Gasteiger partial charge in [-0.1, -0.05) is 5.16 Å². The molecule has 0 saturated carbocycles. The van der Waals surface area contributed by atoms with Gasteiger partial charge in [-0.05, 0) is 26.0 Å². The maximum absolute atomic E-state index is 5.26. The molecular weight excluding hydrogens is 206 g/mol. The third-order valence-corrected chi connectivity index (χ3v) is 2.39. The predicted molar refractivity (Wildman–Crippen MR) is 57.6 cm³/mol. The highest BCUT2D eigenvalue weighted by atomic mass is 16.5. The highest BCUT2D eigenvalue weighted by molar-refractivity contribution is 5.52. The lowest BCUT2D eigenvalue weighted by Crippen LogP contribution is -2.19. The molecule has 2 aromatic rings. The van der Waals surface area contributed by atoms with Gasteiger partial charge in [0.25, 0.3) is 5.89 Å². The molecule has 0 spiro atoms. The number of hydrogen-bond acceptors (Lipinski definition) is 5. The van der Waals surface area contributed by atoms with E-state index in [1.54, 1.807) is 19.5 Å². The Kier molecular flexibility index (Phi) is 2.70. The summed E-state index contributed by atoms with van der Waals surface area (Å²) in [6, 6.07) is 3.66. The zero-order valence-corrected chi connectivity index (χ0v) is 9.47. The van der Waals surface area contributed by atoms with Gasteiger partial charge in [0.2, 0.25) is 5.82 Å². The monoisotopic (exact) mass is 219 g/mol. The van der Waals surface area contributed by atoms with Gasteiger partial charge in [-0.3, -0.25) is 4.98 Å². The Morgan fingerprint density at radius 1 is 1.25 bits per heavy atom. The number of nitrogens with zero attached hydrogens (tertiary/aromatic N) is 3. The Hall–Kier alpha value is -1.75. The van der Waals surface area contributed by atoms with Crippen molar-refractivity contribution in [1.82, 2.24) is 15.1 Å². The van der Waals surface area contributed by atoms with E-state index in [-0.39, 0.29) is 0 Å². The van der Waals surface area contributed by atoms with Gasteiger partial charge < -0.3 is 9.26 Å². The number of methoxy groups -OCH3 is 1. The Bertz CT molecular complexity index is 465. The normalized spacial score (nSPS) is 11.7. The van der Waals surface area contributed by atoms with Crippen LogP contribution in [0.4, 0.5) is 0 Å². The van der Waals surface area contributed by atoms with E-state index in [4.69, 9.17) is 9.26 Å². The molecule has 0 saturated heterocycles. The van der Waals surface area contributed by atoms with Gasteiger partial charge in [0.1, 0.15) is 5.60 Å². The summed E-state index contributed by atoms with van der Waals surface area (Å²) in [6.45, 7) is 3.74. The summed E-state index contributed by atoms with van der Waals surface area (Å²) in [7, 11) is 1.61. The first-order chi connectivity index (χ1) is 7.63. The van der Waals surface area contributed by atoms with Crippen molar-refractivity contribution in [3.8, 4) is 11.4 Å². The van der Waals surface area contributed by atoms with E-state index >= 15 is 0 Å². The van der Waals surface area contributed by atoms with E-state index in [1.807, 2.05) is 26.0 Å². The molecule has 0 aromatic carbocycles. The molecule has 0 radical (unpaired) electrons. The highest BCUT2D eigenvalue weighted by Gasteiger charge is 2.27. The van der Waals surface area contributed by atoms with Gasteiger partial charge in [-0.25, -0.2) is 0 Å². The van der Waals surface area contributed by atoms with Crippen molar-refractivity contribution < 1.29 is 9.26 Å². The number of hydrogen-bond donors (Lipinski definition) is 0. The lowest BCUT2D eigenvalue weighted by Gasteiger charge is -2.16. The van der Waals surface area contributed by atoms with Crippen LogP contribution in [0.5, 0.6) is 0 Å². The molecule has 0 aliphatic heterocycles. The second kappa shape index (κ2) is 4.02. The van der Waals surface area contributed by atoms with Crippen LogP contribution in [0.25, 0.3) is 11.4 Å². The highest BCUT2D eigenvalue weighted by Crippen LogP contribution is 2.24. The van der Waals surface area contributed by atoms with Crippen LogP contribution in [-0.4, -0.2) is 22.2 Å². The Morgan fingerprint density at radius 2 is 1.94 bits per heavy atom. The van der Waals surface area contributed by atoms with Crippen LogP contribution < -0.4 is 0 Å². The summed E-state index contributed by atoms with van der Waals surface area (Å²) >= 11 is 0. The predicted octanol–water partition coefficient (Wildman–Crippen LogP) is 2.01. The lowest BCUT2D eigenvalue weighted by molar-refractivity contribution is -0.00786. The number of rotatable bonds is 3. The van der Waals surface area contributed by atoms with Crippen molar-refractivity contribution >= 4 is 0 Å². The largest absolute Gasteiger partial charge is 0.369 e. The van der Waals surface area contributed by atoms with Gasteiger partial charge in [0.05, 0.1) is 0 Å². The summed E-state index contributed by atoms with van der Waals surface area (Å²) in [5.74, 6) is 1.00. The van der Waals surface area contributed by atoms with Crippen molar-refractivity contribution in [2.24, 2.45) is 0 Å². The Labute approximate surface area is 93.5 Å². The van der Waals surface area contributed by atoms with Gasteiger partial charge >= 0.3 is 0 Å². The summed E-state index contributed by atoms with van der Waals surface area (Å²) < 4.78 is 10.4. The van der Waals surface area contributed by atoms with Crippen LogP contribution in [0.15, 0.2) is 29.0 Å². The van der Waals surface area contributed by atoms with Gasteiger partial charge in [0, 0.05) is 25.1 Å². The number of pyridine rings is 1. The maximum atomic E-state index is 5.26. The quantitative estimate of drug-likeness (QED) is 0.790. The summed E-state index contributed by atoms with van der Waals surface area (Å²) in [6.07, 6.45) is 3.37. The summed E-state index contributed by atoms with van der Waals surface area (Å²) in [5.41, 5.74) is 0.301. The van der Waals surface area contributed by atoms with Gasteiger partial charge in [-0.15, -0.1) is 0 Å². The minimum absolute atomic E-state index is 0.460. The zero-order valence-electron chi connectivity index (χ0n) is 9.47. The fourth-order valence-corrected chi connectivity index (χ4v) is 1.17. The van der Waals surface area contributed by atoms with E-state index in [2.05, 4.69) is 15.1 Å². The second-order valence-corrected chi connectivity index (χ2v) is 3.87. The molecule has 0 amide bonds. The fraction of sp³-hybridized carbons (Fsp3) is 0.364. The minimum atomic E-state index is -0.571. The molecule has 0 atom stereocenters. The van der Waals surface area contributed by atoms with Gasteiger partial charge in [0.15, 0.2) is 0 Å². The molecule has 0 aliphatic carbocycles. The third kappa shape index (κ3) is 1.94. The van der Waals surface area contributed by atoms with Crippen molar-refractivity contribution in [1.29, 1.82) is 0 Å². The van der Waals surface area contributed by atoms with Crippen molar-refractivity contribution in [2.45, 2.75) is 19.4 Å². The average molecular weight is 219 g/mol. The SMILES string of the molecule is COC(C)(C)c1nc(-c2ccncc2)no1. The molecule has 16 heavy (non-hydrogen) atoms. The second-order valence-electron chi connectivity index (χ2n) is 3.87. The van der Waals surface area contributed by atoms with Crippen LogP contribution in [-0.2, 0) is 10.3 Å². The molecule has 0 N–H and O–H groups in total. The summed E-state index contributed by atoms with van der Waals surface area (Å²) in [4.78, 5) is 8.22. The topological polar surface area (TPSA) is 61.0 Å². The Balaban J connectivity index is 2.34. The van der Waals surface area contributed by atoms with Crippen molar-refractivity contribution in [3.63, 3.8) is 0 Å². The third-order valence-electron chi connectivity index (χ3n) is 2.39. The van der Waals surface area contributed by atoms with Crippen molar-refractivity contribution in [2.75, 3.05) is 7.11 Å². The molecule has 2 heterocycles. The average Bonchev–Trinajstić information content (AvgIpc) is 2.80. The minimum Gasteiger partial charge on any atom is -0.369 e. The van der Waals surface area contributed by atoms with E-state index < -0.39 is 5.60 Å². The van der Waals surface area contributed by atoms with Crippen LogP contribution in [0.3, 0.4) is 0 Å². The summed E-state index contributed by atoms with van der Waals surface area (Å²) in [5, 5.41) is 3.91. The standard InChI is InChI=1S/C11H13N3O2/c1-11(2,15-3)10-13-9(14-16-10)8-4-6-12-7-5-8/h4-7H,1-3H3. The van der Waals surface area contributed by atoms with E-state index in [0.717, 1.165) is 5.56 Å². The fourth-order valence-electron chi connectivity index (χ4n) is 1.17. The molecule has 5 nitrogen and oxygen atoms in total. The molecule has 0 fully saturated rings. The first kappa shape index (κ1) is 10.8.